The summed E-state index contributed by atoms with van der Waals surface area (Å²) >= 11 is 1.46. The third-order valence-corrected chi connectivity index (χ3v) is 4.36. The summed E-state index contributed by atoms with van der Waals surface area (Å²) in [6, 6.07) is 2.97. The molecule has 1 atom stereocenters. The number of hydrogen-bond donors (Lipinski definition) is 1. The van der Waals surface area contributed by atoms with Gasteiger partial charge < -0.3 is 5.32 Å². The van der Waals surface area contributed by atoms with Crippen molar-refractivity contribution in [2.24, 2.45) is 0 Å². The van der Waals surface area contributed by atoms with E-state index in [0.717, 1.165) is 35.4 Å². The van der Waals surface area contributed by atoms with Crippen LogP contribution in [-0.4, -0.2) is 37.7 Å². The molecule has 6 nitrogen and oxygen atoms in total. The van der Waals surface area contributed by atoms with Crippen LogP contribution in [0.5, 0.6) is 0 Å². The summed E-state index contributed by atoms with van der Waals surface area (Å²) in [6.45, 7) is 7.56. The first-order chi connectivity index (χ1) is 10.1. The number of aromatic nitrogens is 4. The fourth-order valence-electron chi connectivity index (χ4n) is 2.89. The van der Waals surface area contributed by atoms with E-state index in [0.29, 0.717) is 12.1 Å². The molecule has 21 heavy (non-hydrogen) atoms. The number of anilines is 2. The van der Waals surface area contributed by atoms with Crippen molar-refractivity contribution in [3.8, 4) is 0 Å². The summed E-state index contributed by atoms with van der Waals surface area (Å²) in [5, 5.41) is 11.8. The van der Waals surface area contributed by atoms with Crippen molar-refractivity contribution in [2.75, 3.05) is 11.9 Å². The molecule has 1 aliphatic rings. The molecule has 0 spiro atoms. The van der Waals surface area contributed by atoms with Gasteiger partial charge in [-0.15, -0.1) is 10.2 Å². The first kappa shape index (κ1) is 14.3. The highest BCUT2D eigenvalue weighted by atomic mass is 32.1. The van der Waals surface area contributed by atoms with Crippen LogP contribution in [0, 0.1) is 6.92 Å². The second kappa shape index (κ2) is 6.03. The largest absolute Gasteiger partial charge is 0.315 e. The van der Waals surface area contributed by atoms with Crippen LogP contribution in [0.1, 0.15) is 44.2 Å². The molecule has 0 saturated carbocycles. The van der Waals surface area contributed by atoms with Gasteiger partial charge in [-0.1, -0.05) is 11.3 Å². The summed E-state index contributed by atoms with van der Waals surface area (Å²) < 4.78 is 0. The van der Waals surface area contributed by atoms with Crippen molar-refractivity contribution in [1.29, 1.82) is 0 Å². The number of rotatable bonds is 4. The van der Waals surface area contributed by atoms with Crippen LogP contribution in [0.2, 0.25) is 0 Å². The van der Waals surface area contributed by atoms with Gasteiger partial charge in [-0.3, -0.25) is 4.90 Å². The molecule has 7 heteroatoms. The molecule has 0 radical (unpaired) electrons. The molecule has 3 rings (SSSR count). The first-order valence-corrected chi connectivity index (χ1v) is 8.16. The molecule has 2 aromatic rings. The number of hydrogen-bond acceptors (Lipinski definition) is 7. The lowest BCUT2D eigenvalue weighted by atomic mass is 10.1. The Kier molecular flexibility index (Phi) is 4.12. The fourth-order valence-corrected chi connectivity index (χ4v) is 3.34. The Balaban J connectivity index is 1.87. The molecule has 1 N–H and O–H groups in total. The maximum Gasteiger partial charge on any atom is 0.210 e. The van der Waals surface area contributed by atoms with E-state index in [2.05, 4.69) is 44.2 Å². The zero-order valence-corrected chi connectivity index (χ0v) is 13.4. The predicted octanol–water partition coefficient (Wildman–Crippen LogP) is 2.93. The molecule has 0 amide bonds. The molecule has 0 aromatic carbocycles. The van der Waals surface area contributed by atoms with Crippen molar-refractivity contribution < 1.29 is 0 Å². The second-order valence-electron chi connectivity index (χ2n) is 5.58. The van der Waals surface area contributed by atoms with E-state index in [1.165, 1.54) is 17.8 Å². The minimum Gasteiger partial charge on any atom is -0.315 e. The van der Waals surface area contributed by atoms with Crippen molar-refractivity contribution >= 4 is 22.3 Å². The summed E-state index contributed by atoms with van der Waals surface area (Å²) in [6.07, 6.45) is 2.39. The molecular formula is C14H20N6S. The van der Waals surface area contributed by atoms with Gasteiger partial charge in [0.1, 0.15) is 17.2 Å². The van der Waals surface area contributed by atoms with Crippen LogP contribution >= 0.6 is 11.3 Å². The van der Waals surface area contributed by atoms with E-state index in [-0.39, 0.29) is 0 Å². The molecule has 0 aliphatic carbocycles. The zero-order chi connectivity index (χ0) is 14.8. The van der Waals surface area contributed by atoms with Crippen LogP contribution in [-0.2, 0) is 0 Å². The van der Waals surface area contributed by atoms with Crippen molar-refractivity contribution in [3.63, 3.8) is 0 Å². The quantitative estimate of drug-likeness (QED) is 0.937. The number of aryl methyl sites for hydroxylation is 1. The van der Waals surface area contributed by atoms with Gasteiger partial charge in [0, 0.05) is 12.1 Å². The second-order valence-corrected chi connectivity index (χ2v) is 6.42. The topological polar surface area (TPSA) is 66.8 Å². The maximum absolute atomic E-state index is 4.65. The molecule has 1 unspecified atom stereocenters. The number of nitrogens with zero attached hydrogens (tertiary/aromatic N) is 5. The molecule has 1 fully saturated rings. The van der Waals surface area contributed by atoms with Gasteiger partial charge in [0.2, 0.25) is 5.13 Å². The average molecular weight is 304 g/mol. The number of likely N-dealkylation sites (tertiary alicyclic amines) is 1. The first-order valence-electron chi connectivity index (χ1n) is 7.28. The van der Waals surface area contributed by atoms with E-state index in [1.807, 2.05) is 13.0 Å². The van der Waals surface area contributed by atoms with Crippen molar-refractivity contribution in [2.45, 2.75) is 45.7 Å². The Hall–Kier alpha value is -1.60. The van der Waals surface area contributed by atoms with Crippen molar-refractivity contribution in [1.82, 2.24) is 25.1 Å². The van der Waals surface area contributed by atoms with Crippen LogP contribution in [0.25, 0.3) is 0 Å². The highest BCUT2D eigenvalue weighted by Gasteiger charge is 2.29. The van der Waals surface area contributed by atoms with E-state index in [4.69, 9.17) is 0 Å². The Labute approximate surface area is 128 Å². The monoisotopic (exact) mass is 304 g/mol. The third kappa shape index (κ3) is 3.19. The third-order valence-electron chi connectivity index (χ3n) is 3.75. The Morgan fingerprint density at radius 1 is 1.38 bits per heavy atom. The van der Waals surface area contributed by atoms with Gasteiger partial charge in [0.15, 0.2) is 0 Å². The molecule has 1 aliphatic heterocycles. The predicted molar refractivity (Wildman–Crippen MR) is 83.8 cm³/mol. The summed E-state index contributed by atoms with van der Waals surface area (Å²) in [5.74, 6) is 1.58. The fraction of sp³-hybridized carbons (Fsp3) is 0.571. The lowest BCUT2D eigenvalue weighted by Crippen LogP contribution is -2.30. The Bertz CT molecular complexity index is 598. The van der Waals surface area contributed by atoms with Gasteiger partial charge in [-0.2, -0.15) is 0 Å². The zero-order valence-electron chi connectivity index (χ0n) is 12.6. The Morgan fingerprint density at radius 2 is 2.24 bits per heavy atom. The van der Waals surface area contributed by atoms with E-state index in [9.17, 15) is 0 Å². The lowest BCUT2D eigenvalue weighted by Gasteiger charge is -2.28. The van der Waals surface area contributed by atoms with Crippen LogP contribution in [0.4, 0.5) is 10.9 Å². The average Bonchev–Trinajstić information content (AvgIpc) is 3.08. The van der Waals surface area contributed by atoms with Gasteiger partial charge in [0.05, 0.1) is 11.7 Å². The molecule has 112 valence electrons. The Morgan fingerprint density at radius 3 is 2.95 bits per heavy atom. The molecule has 2 aromatic heterocycles. The summed E-state index contributed by atoms with van der Waals surface area (Å²) in [7, 11) is 0. The molecule has 3 heterocycles. The minimum atomic E-state index is 0.390. The van der Waals surface area contributed by atoms with E-state index in [1.54, 1.807) is 5.51 Å². The van der Waals surface area contributed by atoms with Gasteiger partial charge in [0.25, 0.3) is 0 Å². The summed E-state index contributed by atoms with van der Waals surface area (Å²) in [4.78, 5) is 11.6. The van der Waals surface area contributed by atoms with Gasteiger partial charge >= 0.3 is 0 Å². The minimum absolute atomic E-state index is 0.390. The number of nitrogens with one attached hydrogen (secondary N) is 1. The molecule has 0 bridgehead atoms. The lowest BCUT2D eigenvalue weighted by molar-refractivity contribution is 0.202. The van der Waals surface area contributed by atoms with Crippen LogP contribution in [0.3, 0.4) is 0 Å². The van der Waals surface area contributed by atoms with E-state index < -0.39 is 0 Å². The smallest absolute Gasteiger partial charge is 0.210 e. The van der Waals surface area contributed by atoms with Crippen LogP contribution < -0.4 is 5.32 Å². The van der Waals surface area contributed by atoms with E-state index >= 15 is 0 Å². The molecular weight excluding hydrogens is 284 g/mol. The maximum atomic E-state index is 4.65. The highest BCUT2D eigenvalue weighted by molar-refractivity contribution is 7.13. The highest BCUT2D eigenvalue weighted by Crippen LogP contribution is 2.33. The van der Waals surface area contributed by atoms with Gasteiger partial charge in [-0.05, 0) is 40.2 Å². The van der Waals surface area contributed by atoms with Crippen LogP contribution in [0.15, 0.2) is 11.6 Å². The summed E-state index contributed by atoms with van der Waals surface area (Å²) in [5.41, 5.74) is 2.80. The standard InChI is InChI=1S/C14H20N6S/c1-9(2)20-6-4-5-12(20)11-7-13(17-10(3)16-11)18-14-19-15-8-21-14/h7-9,12H,4-6H2,1-3H3,(H,16,17,18,19). The normalized spacial score (nSPS) is 19.3. The molecule has 1 saturated heterocycles. The van der Waals surface area contributed by atoms with Crippen molar-refractivity contribution in [3.05, 3.63) is 23.1 Å². The van der Waals surface area contributed by atoms with Gasteiger partial charge in [-0.25, -0.2) is 9.97 Å². The SMILES string of the molecule is Cc1nc(Nc2nncs2)cc(C2CCCN2C(C)C)n1.